The van der Waals surface area contributed by atoms with Gasteiger partial charge in [0.25, 0.3) is 5.91 Å². The van der Waals surface area contributed by atoms with E-state index in [1.165, 1.54) is 24.6 Å². The van der Waals surface area contributed by atoms with Crippen molar-refractivity contribution in [2.45, 2.75) is 19.5 Å². The number of ether oxygens (including phenoxy) is 1. The molecule has 0 aliphatic carbocycles. The van der Waals surface area contributed by atoms with Crippen LogP contribution in [0.2, 0.25) is 0 Å². The quantitative estimate of drug-likeness (QED) is 0.692. The normalized spacial score (nSPS) is 16.6. The van der Waals surface area contributed by atoms with Crippen molar-refractivity contribution in [2.24, 2.45) is 5.92 Å². The maximum Gasteiger partial charge on any atom is 0.289 e. The van der Waals surface area contributed by atoms with Gasteiger partial charge in [0.05, 0.1) is 19.4 Å². The Hall–Kier alpha value is -3.09. The molecule has 1 aliphatic heterocycles. The molecular weight excluding hydrogens is 349 g/mol. The van der Waals surface area contributed by atoms with Gasteiger partial charge in [0.2, 0.25) is 5.88 Å². The highest BCUT2D eigenvalue weighted by Crippen LogP contribution is 2.22. The molecule has 0 saturated heterocycles. The molecular formula is C20H20FN3O3. The molecule has 3 aromatic heterocycles. The van der Waals surface area contributed by atoms with Crippen molar-refractivity contribution < 1.29 is 18.3 Å². The SMILES string of the molecule is O=C(c1ccco1)N1Cc2cccn2C[C@H](CCOc2ncccc2F)C1. The maximum atomic E-state index is 13.6. The summed E-state index contributed by atoms with van der Waals surface area (Å²) in [5, 5.41) is 0. The van der Waals surface area contributed by atoms with E-state index in [1.54, 1.807) is 17.0 Å². The predicted molar refractivity (Wildman–Crippen MR) is 95.7 cm³/mol. The van der Waals surface area contributed by atoms with E-state index in [1.807, 2.05) is 18.3 Å². The van der Waals surface area contributed by atoms with Crippen LogP contribution < -0.4 is 4.74 Å². The highest BCUT2D eigenvalue weighted by molar-refractivity contribution is 5.91. The van der Waals surface area contributed by atoms with Gasteiger partial charge in [-0.25, -0.2) is 9.37 Å². The minimum atomic E-state index is -0.472. The molecule has 4 rings (SSSR count). The third-order valence-corrected chi connectivity index (χ3v) is 4.72. The molecule has 3 aromatic rings. The second kappa shape index (κ2) is 7.65. The fraction of sp³-hybridized carbons (Fsp3) is 0.300. The van der Waals surface area contributed by atoms with Gasteiger partial charge in [-0.1, -0.05) is 0 Å². The summed E-state index contributed by atoms with van der Waals surface area (Å²) in [6.45, 7) is 2.21. The summed E-state index contributed by atoms with van der Waals surface area (Å²) in [6.07, 6.45) is 5.69. The predicted octanol–water partition coefficient (Wildman–Crippen LogP) is 3.36. The van der Waals surface area contributed by atoms with Crippen LogP contribution in [0, 0.1) is 11.7 Å². The first-order chi connectivity index (χ1) is 13.2. The number of hydrogen-bond donors (Lipinski definition) is 0. The second-order valence-electron chi connectivity index (χ2n) is 6.61. The van der Waals surface area contributed by atoms with Crippen LogP contribution in [0.1, 0.15) is 22.7 Å². The number of aromatic nitrogens is 2. The van der Waals surface area contributed by atoms with Gasteiger partial charge in [-0.3, -0.25) is 4.79 Å². The molecule has 140 valence electrons. The fourth-order valence-corrected chi connectivity index (χ4v) is 3.37. The van der Waals surface area contributed by atoms with Gasteiger partial charge >= 0.3 is 0 Å². The molecule has 0 bridgehead atoms. The Morgan fingerprint density at radius 3 is 3.00 bits per heavy atom. The molecule has 0 aromatic carbocycles. The molecule has 27 heavy (non-hydrogen) atoms. The Morgan fingerprint density at radius 1 is 1.26 bits per heavy atom. The second-order valence-corrected chi connectivity index (χ2v) is 6.61. The van der Waals surface area contributed by atoms with Gasteiger partial charge in [0.15, 0.2) is 11.6 Å². The molecule has 1 atom stereocenters. The Kier molecular flexibility index (Phi) is 4.91. The maximum absolute atomic E-state index is 13.6. The summed E-state index contributed by atoms with van der Waals surface area (Å²) in [6, 6.07) is 10.2. The summed E-state index contributed by atoms with van der Waals surface area (Å²) in [5.41, 5.74) is 1.08. The first-order valence-corrected chi connectivity index (χ1v) is 8.91. The number of fused-ring (bicyclic) bond motifs is 1. The lowest BCUT2D eigenvalue weighted by molar-refractivity contribution is 0.0680. The van der Waals surface area contributed by atoms with Crippen molar-refractivity contribution in [3.63, 3.8) is 0 Å². The largest absolute Gasteiger partial charge is 0.476 e. The third-order valence-electron chi connectivity index (χ3n) is 4.72. The molecule has 0 unspecified atom stereocenters. The van der Waals surface area contributed by atoms with Crippen LogP contribution >= 0.6 is 0 Å². The molecule has 0 fully saturated rings. The molecule has 0 spiro atoms. The zero-order chi connectivity index (χ0) is 18.6. The van der Waals surface area contributed by atoms with Crippen LogP contribution in [-0.4, -0.2) is 33.5 Å². The Balaban J connectivity index is 1.45. The van der Waals surface area contributed by atoms with Crippen LogP contribution in [0.5, 0.6) is 5.88 Å². The number of halogens is 1. The van der Waals surface area contributed by atoms with Gasteiger partial charge in [0, 0.05) is 31.2 Å². The van der Waals surface area contributed by atoms with Gasteiger partial charge < -0.3 is 18.6 Å². The molecule has 4 heterocycles. The molecule has 7 heteroatoms. The number of furan rings is 1. The number of amides is 1. The molecule has 0 radical (unpaired) electrons. The van der Waals surface area contributed by atoms with Gasteiger partial charge in [-0.2, -0.15) is 0 Å². The summed E-state index contributed by atoms with van der Waals surface area (Å²) in [4.78, 5) is 18.5. The average molecular weight is 369 g/mol. The Morgan fingerprint density at radius 2 is 2.19 bits per heavy atom. The smallest absolute Gasteiger partial charge is 0.289 e. The molecule has 0 saturated carbocycles. The minimum absolute atomic E-state index is 0.0105. The zero-order valence-corrected chi connectivity index (χ0v) is 14.8. The topological polar surface area (TPSA) is 60.5 Å². The monoisotopic (exact) mass is 369 g/mol. The summed E-state index contributed by atoms with van der Waals surface area (Å²) in [7, 11) is 0. The van der Waals surface area contributed by atoms with Crippen molar-refractivity contribution in [3.05, 3.63) is 72.3 Å². The highest BCUT2D eigenvalue weighted by atomic mass is 19.1. The van der Waals surface area contributed by atoms with E-state index < -0.39 is 5.82 Å². The van der Waals surface area contributed by atoms with Crippen molar-refractivity contribution in [1.29, 1.82) is 0 Å². The number of hydrogen-bond acceptors (Lipinski definition) is 4. The minimum Gasteiger partial charge on any atom is -0.476 e. The van der Waals surface area contributed by atoms with Crippen molar-refractivity contribution in [3.8, 4) is 5.88 Å². The lowest BCUT2D eigenvalue weighted by atomic mass is 10.1. The van der Waals surface area contributed by atoms with Crippen molar-refractivity contribution in [1.82, 2.24) is 14.5 Å². The van der Waals surface area contributed by atoms with Gasteiger partial charge in [0.1, 0.15) is 0 Å². The van der Waals surface area contributed by atoms with Gasteiger partial charge in [-0.15, -0.1) is 0 Å². The van der Waals surface area contributed by atoms with E-state index >= 15 is 0 Å². The van der Waals surface area contributed by atoms with E-state index in [0.717, 1.165) is 12.2 Å². The van der Waals surface area contributed by atoms with E-state index in [4.69, 9.17) is 9.15 Å². The first-order valence-electron chi connectivity index (χ1n) is 8.91. The standard InChI is InChI=1S/C20H20FN3O3/c21-17-5-1-8-22-19(17)27-11-7-15-12-23-9-2-4-16(23)14-24(13-15)20(25)18-6-3-10-26-18/h1-6,8-10,15H,7,11-14H2/t15-/m0/s1. The van der Waals surface area contributed by atoms with Gasteiger partial charge in [-0.05, 0) is 48.7 Å². The van der Waals surface area contributed by atoms with Crippen LogP contribution in [-0.2, 0) is 13.1 Å². The summed E-state index contributed by atoms with van der Waals surface area (Å²) in [5.74, 6) is -0.0850. The van der Waals surface area contributed by atoms with Crippen LogP contribution in [0.25, 0.3) is 0 Å². The summed E-state index contributed by atoms with van der Waals surface area (Å²) >= 11 is 0. The van der Waals surface area contributed by atoms with E-state index in [9.17, 15) is 9.18 Å². The average Bonchev–Trinajstić information content (AvgIpc) is 3.32. The third kappa shape index (κ3) is 3.86. The molecule has 1 amide bonds. The summed E-state index contributed by atoms with van der Waals surface area (Å²) < 4.78 is 26.6. The van der Waals surface area contributed by atoms with E-state index in [2.05, 4.69) is 9.55 Å². The van der Waals surface area contributed by atoms with E-state index in [0.29, 0.717) is 31.9 Å². The van der Waals surface area contributed by atoms with Crippen LogP contribution in [0.4, 0.5) is 4.39 Å². The number of pyridine rings is 1. The van der Waals surface area contributed by atoms with Crippen LogP contribution in [0.15, 0.2) is 59.5 Å². The number of carbonyl (C=O) groups excluding carboxylic acids is 1. The van der Waals surface area contributed by atoms with Crippen LogP contribution in [0.3, 0.4) is 0 Å². The molecule has 1 aliphatic rings. The van der Waals surface area contributed by atoms with E-state index in [-0.39, 0.29) is 17.7 Å². The number of rotatable bonds is 5. The Bertz CT molecular complexity index is 907. The highest BCUT2D eigenvalue weighted by Gasteiger charge is 2.27. The Labute approximate surface area is 156 Å². The van der Waals surface area contributed by atoms with Crippen molar-refractivity contribution in [2.75, 3.05) is 13.2 Å². The number of nitrogens with zero attached hydrogens (tertiary/aromatic N) is 3. The zero-order valence-electron chi connectivity index (χ0n) is 14.8. The van der Waals surface area contributed by atoms with Crippen molar-refractivity contribution >= 4 is 5.91 Å². The molecule has 0 N–H and O–H groups in total. The fourth-order valence-electron chi connectivity index (χ4n) is 3.37. The lowest BCUT2D eigenvalue weighted by Gasteiger charge is -2.23. The number of carbonyl (C=O) groups is 1. The molecule has 6 nitrogen and oxygen atoms in total. The first kappa shape index (κ1) is 17.3. The lowest BCUT2D eigenvalue weighted by Crippen LogP contribution is -2.34.